The Labute approximate surface area is 110 Å². The van der Waals surface area contributed by atoms with Crippen molar-refractivity contribution >= 4 is 11.9 Å². The fourth-order valence-corrected chi connectivity index (χ4v) is 1.84. The summed E-state index contributed by atoms with van der Waals surface area (Å²) in [5.41, 5.74) is 0. The Hall–Kier alpha value is -1.22. The maximum atomic E-state index is 9.25. The molecule has 0 aliphatic carbocycles. The van der Waals surface area contributed by atoms with Gasteiger partial charge < -0.3 is 25.5 Å². The molecule has 0 aromatic heterocycles. The van der Waals surface area contributed by atoms with Gasteiger partial charge in [0.2, 0.25) is 0 Å². The molecule has 2 unspecified atom stereocenters. The quantitative estimate of drug-likeness (QED) is 0.385. The first-order valence-corrected chi connectivity index (χ1v) is 6.02. The maximum Gasteiger partial charge on any atom is 0.414 e. The van der Waals surface area contributed by atoms with Crippen molar-refractivity contribution in [3.05, 3.63) is 0 Å². The van der Waals surface area contributed by atoms with E-state index in [1.54, 1.807) is 0 Å². The van der Waals surface area contributed by atoms with Crippen molar-refractivity contribution < 1.29 is 35.1 Å². The van der Waals surface area contributed by atoms with E-state index in [1.165, 1.54) is 0 Å². The van der Waals surface area contributed by atoms with Gasteiger partial charge in [-0.3, -0.25) is 4.90 Å². The highest BCUT2D eigenvalue weighted by Crippen LogP contribution is 2.16. The van der Waals surface area contributed by atoms with E-state index in [4.69, 9.17) is 30.0 Å². The lowest BCUT2D eigenvalue weighted by atomic mass is 10.0. The molecule has 5 N–H and O–H groups in total. The molecule has 1 fully saturated rings. The minimum atomic E-state index is -1.82. The Morgan fingerprint density at radius 2 is 1.74 bits per heavy atom. The second kappa shape index (κ2) is 9.68. The van der Waals surface area contributed by atoms with Crippen LogP contribution in [0.2, 0.25) is 0 Å². The third-order valence-corrected chi connectivity index (χ3v) is 2.80. The van der Waals surface area contributed by atoms with E-state index in [0.29, 0.717) is 6.54 Å². The van der Waals surface area contributed by atoms with Gasteiger partial charge in [0.15, 0.2) is 0 Å². The van der Waals surface area contributed by atoms with Crippen LogP contribution in [0.3, 0.4) is 0 Å². The highest BCUT2D eigenvalue weighted by Gasteiger charge is 2.23. The topological polar surface area (TPSA) is 139 Å². The maximum absolute atomic E-state index is 9.25. The molecule has 2 atom stereocenters. The van der Waals surface area contributed by atoms with Gasteiger partial charge in [-0.25, -0.2) is 9.59 Å². The summed E-state index contributed by atoms with van der Waals surface area (Å²) in [6.07, 6.45) is 2.59. The highest BCUT2D eigenvalue weighted by atomic mass is 16.4. The molecule has 0 aromatic rings. The van der Waals surface area contributed by atoms with Crippen LogP contribution < -0.4 is 0 Å². The van der Waals surface area contributed by atoms with Crippen molar-refractivity contribution in [2.45, 2.75) is 31.4 Å². The fraction of sp³-hybridized carbons (Fsp3) is 0.818. The summed E-state index contributed by atoms with van der Waals surface area (Å²) in [5.74, 6) is -3.65. The summed E-state index contributed by atoms with van der Waals surface area (Å²) >= 11 is 0. The van der Waals surface area contributed by atoms with Crippen LogP contribution >= 0.6 is 0 Å². The third kappa shape index (κ3) is 7.73. The molecule has 0 aromatic carbocycles. The molecule has 112 valence electrons. The number of rotatable bonds is 4. The molecule has 0 saturated carbocycles. The molecule has 8 heteroatoms. The van der Waals surface area contributed by atoms with E-state index >= 15 is 0 Å². The lowest BCUT2D eigenvalue weighted by Gasteiger charge is -2.35. The Morgan fingerprint density at radius 1 is 1.16 bits per heavy atom. The fourth-order valence-electron chi connectivity index (χ4n) is 1.84. The normalized spacial score (nSPS) is 21.1. The number of carbonyl (C=O) groups is 2. The van der Waals surface area contributed by atoms with E-state index in [0.717, 1.165) is 25.8 Å². The number of aliphatic hydroxyl groups excluding tert-OH is 3. The van der Waals surface area contributed by atoms with Crippen LogP contribution in [-0.2, 0) is 9.59 Å². The van der Waals surface area contributed by atoms with Crippen LogP contribution in [0.5, 0.6) is 0 Å². The smallest absolute Gasteiger partial charge is 0.414 e. The Bertz CT molecular complexity index is 272. The molecular weight excluding hydrogens is 258 g/mol. The van der Waals surface area contributed by atoms with Gasteiger partial charge in [-0.1, -0.05) is 6.42 Å². The Balaban J connectivity index is 0.000000459. The minimum Gasteiger partial charge on any atom is -0.473 e. The van der Waals surface area contributed by atoms with Crippen molar-refractivity contribution in [1.29, 1.82) is 0 Å². The van der Waals surface area contributed by atoms with Crippen LogP contribution in [0, 0.1) is 0 Å². The van der Waals surface area contributed by atoms with E-state index in [1.807, 2.05) is 0 Å². The second-order valence-corrected chi connectivity index (χ2v) is 4.27. The molecule has 1 rings (SSSR count). The molecule has 0 spiro atoms. The SMILES string of the molecule is O=C(O)C(=O)O.OCC(O)CN1CCCCC1CO. The summed E-state index contributed by atoms with van der Waals surface area (Å²) in [6, 6.07) is 0.176. The average molecular weight is 279 g/mol. The van der Waals surface area contributed by atoms with Gasteiger partial charge in [-0.2, -0.15) is 0 Å². The zero-order valence-electron chi connectivity index (χ0n) is 10.6. The molecule has 1 heterocycles. The first kappa shape index (κ1) is 17.8. The number of carboxylic acid groups (broad SMARTS) is 2. The number of hydrogen-bond acceptors (Lipinski definition) is 6. The minimum absolute atomic E-state index is 0.151. The molecule has 1 saturated heterocycles. The van der Waals surface area contributed by atoms with Crippen molar-refractivity contribution in [2.24, 2.45) is 0 Å². The highest BCUT2D eigenvalue weighted by molar-refractivity contribution is 6.27. The van der Waals surface area contributed by atoms with E-state index in [-0.39, 0.29) is 19.3 Å². The number of nitrogens with zero attached hydrogens (tertiary/aromatic N) is 1. The van der Waals surface area contributed by atoms with Crippen molar-refractivity contribution in [3.8, 4) is 0 Å². The zero-order chi connectivity index (χ0) is 14.8. The number of carboxylic acids is 2. The molecular formula is C11H21NO7. The zero-order valence-corrected chi connectivity index (χ0v) is 10.6. The van der Waals surface area contributed by atoms with Gasteiger partial charge in [0.25, 0.3) is 0 Å². The van der Waals surface area contributed by atoms with Gasteiger partial charge in [-0.05, 0) is 19.4 Å². The van der Waals surface area contributed by atoms with Crippen molar-refractivity contribution in [2.75, 3.05) is 26.3 Å². The van der Waals surface area contributed by atoms with Crippen molar-refractivity contribution in [1.82, 2.24) is 4.90 Å². The van der Waals surface area contributed by atoms with E-state index in [9.17, 15) is 5.11 Å². The first-order valence-electron chi connectivity index (χ1n) is 6.02. The van der Waals surface area contributed by atoms with Gasteiger partial charge in [0, 0.05) is 12.6 Å². The summed E-state index contributed by atoms with van der Waals surface area (Å²) in [5, 5.41) is 41.8. The van der Waals surface area contributed by atoms with Gasteiger partial charge in [-0.15, -0.1) is 0 Å². The lowest BCUT2D eigenvalue weighted by molar-refractivity contribution is -0.159. The summed E-state index contributed by atoms with van der Waals surface area (Å²) < 4.78 is 0. The second-order valence-electron chi connectivity index (χ2n) is 4.27. The number of hydrogen-bond donors (Lipinski definition) is 5. The van der Waals surface area contributed by atoms with Crippen LogP contribution in [-0.4, -0.2) is 80.8 Å². The average Bonchev–Trinajstić information content (AvgIpc) is 2.39. The first-order chi connectivity index (χ1) is 8.92. The largest absolute Gasteiger partial charge is 0.473 e. The standard InChI is InChI=1S/C9H19NO3.C2H2O4/c11-6-8-3-1-2-4-10(8)5-9(13)7-12;3-1(4)2(5)6/h8-9,11-13H,1-7H2;(H,3,4)(H,5,6). The number of likely N-dealkylation sites (tertiary alicyclic amines) is 1. The summed E-state index contributed by atoms with van der Waals surface area (Å²) in [6.45, 7) is 1.34. The molecule has 1 aliphatic rings. The third-order valence-electron chi connectivity index (χ3n) is 2.80. The van der Waals surface area contributed by atoms with Gasteiger partial charge >= 0.3 is 11.9 Å². The molecule has 19 heavy (non-hydrogen) atoms. The van der Waals surface area contributed by atoms with E-state index < -0.39 is 18.0 Å². The summed E-state index contributed by atoms with van der Waals surface area (Å²) in [4.78, 5) is 20.3. The number of aliphatic hydroxyl groups is 3. The monoisotopic (exact) mass is 279 g/mol. The van der Waals surface area contributed by atoms with Crippen LogP contribution in [0.25, 0.3) is 0 Å². The lowest BCUT2D eigenvalue weighted by Crippen LogP contribution is -2.46. The van der Waals surface area contributed by atoms with Gasteiger partial charge in [0.05, 0.1) is 19.3 Å². The number of β-amino-alcohol motifs (C(OH)–C–C–N with tert-alkyl or cyclic N) is 1. The molecule has 0 amide bonds. The predicted octanol–water partition coefficient (Wildman–Crippen LogP) is -1.66. The van der Waals surface area contributed by atoms with Crippen LogP contribution in [0.4, 0.5) is 0 Å². The number of piperidine rings is 1. The van der Waals surface area contributed by atoms with Crippen LogP contribution in [0.1, 0.15) is 19.3 Å². The predicted molar refractivity (Wildman–Crippen MR) is 64.7 cm³/mol. The number of aliphatic carboxylic acids is 2. The van der Waals surface area contributed by atoms with Gasteiger partial charge in [0.1, 0.15) is 0 Å². The van der Waals surface area contributed by atoms with Crippen molar-refractivity contribution in [3.63, 3.8) is 0 Å². The Morgan fingerprint density at radius 3 is 2.16 bits per heavy atom. The molecule has 0 bridgehead atoms. The summed E-state index contributed by atoms with van der Waals surface area (Å²) in [7, 11) is 0. The van der Waals surface area contributed by atoms with Crippen LogP contribution in [0.15, 0.2) is 0 Å². The molecule has 1 aliphatic heterocycles. The molecule has 0 radical (unpaired) electrons. The molecule has 8 nitrogen and oxygen atoms in total. The Kier molecular flexibility index (Phi) is 9.06. The van der Waals surface area contributed by atoms with E-state index in [2.05, 4.69) is 4.90 Å².